The Morgan fingerprint density at radius 2 is 0.750 bits per heavy atom. The predicted octanol–water partition coefficient (Wildman–Crippen LogP) is 15.1. The summed E-state index contributed by atoms with van der Waals surface area (Å²) < 4.78 is 0. The van der Waals surface area contributed by atoms with Crippen molar-refractivity contribution in [1.82, 2.24) is 0 Å². The zero-order valence-electron chi connectivity index (χ0n) is 32.1. The van der Waals surface area contributed by atoms with Crippen molar-refractivity contribution >= 4 is 46.3 Å². The molecule has 270 valence electrons. The quantitative estimate of drug-likeness (QED) is 0.137. The van der Waals surface area contributed by atoms with Crippen LogP contribution in [0, 0.1) is 6.92 Å². The van der Waals surface area contributed by atoms with Gasteiger partial charge in [-0.3, -0.25) is 0 Å². The molecule has 0 radical (unpaired) electrons. The highest BCUT2D eigenvalue weighted by Gasteiger charge is 2.35. The highest BCUT2D eigenvalue weighted by atomic mass is 15.1. The molecule has 8 aromatic carbocycles. The lowest BCUT2D eigenvalue weighted by Crippen LogP contribution is -2.16. The highest BCUT2D eigenvalue weighted by molar-refractivity contribution is 5.86. The molecule has 56 heavy (non-hydrogen) atoms. The van der Waals surface area contributed by atoms with Gasteiger partial charge in [-0.2, -0.15) is 0 Å². The molecule has 0 aromatic heterocycles. The van der Waals surface area contributed by atoms with E-state index in [0.29, 0.717) is 0 Å². The Bertz CT molecular complexity index is 2580. The smallest absolute Gasteiger partial charge is 0.0465 e. The van der Waals surface area contributed by atoms with Gasteiger partial charge in [0.15, 0.2) is 0 Å². The van der Waals surface area contributed by atoms with Crippen LogP contribution in [0.1, 0.15) is 41.7 Å². The molecule has 0 fully saturated rings. The summed E-state index contributed by atoms with van der Waals surface area (Å²) in [5.41, 5.74) is 18.2. The molecule has 1 aliphatic rings. The van der Waals surface area contributed by atoms with E-state index in [1.54, 1.807) is 0 Å². The summed E-state index contributed by atoms with van der Waals surface area (Å²) in [6.45, 7) is 6.83. The highest BCUT2D eigenvalue weighted by Crippen LogP contribution is 2.50. The number of hydrogen-bond donors (Lipinski definition) is 0. The van der Waals surface area contributed by atoms with Crippen LogP contribution < -0.4 is 9.80 Å². The van der Waals surface area contributed by atoms with Crippen LogP contribution in [-0.2, 0) is 5.41 Å². The van der Waals surface area contributed by atoms with E-state index >= 15 is 0 Å². The summed E-state index contributed by atoms with van der Waals surface area (Å²) in [6, 6.07) is 72.2. The molecule has 1 aliphatic carbocycles. The van der Waals surface area contributed by atoms with Gasteiger partial charge in [0.05, 0.1) is 0 Å². The van der Waals surface area contributed by atoms with Gasteiger partial charge in [0, 0.05) is 39.5 Å². The topological polar surface area (TPSA) is 6.48 Å². The first kappa shape index (κ1) is 34.8. The maximum absolute atomic E-state index is 2.40. The van der Waals surface area contributed by atoms with Crippen LogP contribution in [0.5, 0.6) is 0 Å². The number of fused-ring (bicyclic) bond motifs is 3. The summed E-state index contributed by atoms with van der Waals surface area (Å²) in [5.74, 6) is 0. The van der Waals surface area contributed by atoms with E-state index in [-0.39, 0.29) is 5.41 Å². The van der Waals surface area contributed by atoms with E-state index in [1.165, 1.54) is 38.9 Å². The van der Waals surface area contributed by atoms with Crippen molar-refractivity contribution in [3.63, 3.8) is 0 Å². The molecule has 0 amide bonds. The average Bonchev–Trinajstić information content (AvgIpc) is 3.48. The first-order valence-electron chi connectivity index (χ1n) is 19.4. The SMILES string of the molecule is Cc1ccc(N(c2ccc(-c3ccc(/C=C/c4ccc(N(c5ccccc5)c5ccccc5)cc4)cc3)cc2)c2ccc3c(c2)C(C)(C)c2ccccc2-3)cc1. The van der Waals surface area contributed by atoms with Crippen molar-refractivity contribution in [2.75, 3.05) is 9.80 Å². The van der Waals surface area contributed by atoms with Crippen molar-refractivity contribution in [3.8, 4) is 22.3 Å². The number of anilines is 6. The Morgan fingerprint density at radius 1 is 0.357 bits per heavy atom. The number of para-hydroxylation sites is 2. The summed E-state index contributed by atoms with van der Waals surface area (Å²) in [5, 5.41) is 0. The van der Waals surface area contributed by atoms with Gasteiger partial charge >= 0.3 is 0 Å². The van der Waals surface area contributed by atoms with Gasteiger partial charge in [0.1, 0.15) is 0 Å². The van der Waals surface area contributed by atoms with Gasteiger partial charge in [-0.1, -0.05) is 159 Å². The molecule has 0 atom stereocenters. The van der Waals surface area contributed by atoms with Crippen LogP contribution in [0.25, 0.3) is 34.4 Å². The third-order valence-electron chi connectivity index (χ3n) is 11.1. The minimum Gasteiger partial charge on any atom is -0.311 e. The van der Waals surface area contributed by atoms with Gasteiger partial charge < -0.3 is 9.80 Å². The van der Waals surface area contributed by atoms with Gasteiger partial charge in [-0.25, -0.2) is 0 Å². The molecule has 0 spiro atoms. The Hall–Kier alpha value is -6.90. The van der Waals surface area contributed by atoms with E-state index < -0.39 is 0 Å². The van der Waals surface area contributed by atoms with Crippen molar-refractivity contribution < 1.29 is 0 Å². The molecular formula is C54H44N2. The van der Waals surface area contributed by atoms with Gasteiger partial charge in [-0.05, 0) is 124 Å². The lowest BCUT2D eigenvalue weighted by atomic mass is 9.82. The molecule has 0 saturated carbocycles. The molecule has 0 saturated heterocycles. The van der Waals surface area contributed by atoms with Gasteiger partial charge in [0.2, 0.25) is 0 Å². The molecule has 2 nitrogen and oxygen atoms in total. The fourth-order valence-corrected chi connectivity index (χ4v) is 8.09. The Balaban J connectivity index is 0.943. The van der Waals surface area contributed by atoms with Crippen molar-refractivity contribution in [1.29, 1.82) is 0 Å². The summed E-state index contributed by atoms with van der Waals surface area (Å²) in [6.07, 6.45) is 4.37. The van der Waals surface area contributed by atoms with E-state index in [2.05, 4.69) is 243 Å². The lowest BCUT2D eigenvalue weighted by Gasteiger charge is -2.28. The Labute approximate surface area is 331 Å². The number of nitrogens with zero attached hydrogens (tertiary/aromatic N) is 2. The van der Waals surface area contributed by atoms with Gasteiger partial charge in [0.25, 0.3) is 0 Å². The third-order valence-corrected chi connectivity index (χ3v) is 11.1. The minimum absolute atomic E-state index is 0.0657. The molecule has 9 rings (SSSR count). The normalized spacial score (nSPS) is 12.6. The van der Waals surface area contributed by atoms with Crippen LogP contribution in [0.4, 0.5) is 34.1 Å². The zero-order chi connectivity index (χ0) is 38.1. The molecule has 0 heterocycles. The fourth-order valence-electron chi connectivity index (χ4n) is 8.09. The van der Waals surface area contributed by atoms with Crippen molar-refractivity contribution in [2.45, 2.75) is 26.2 Å². The van der Waals surface area contributed by atoms with E-state index in [1.807, 2.05) is 0 Å². The van der Waals surface area contributed by atoms with Crippen LogP contribution in [0.3, 0.4) is 0 Å². The van der Waals surface area contributed by atoms with Crippen LogP contribution in [0.15, 0.2) is 200 Å². The molecule has 0 aliphatic heterocycles. The first-order chi connectivity index (χ1) is 27.4. The molecule has 0 bridgehead atoms. The first-order valence-corrected chi connectivity index (χ1v) is 19.4. The summed E-state index contributed by atoms with van der Waals surface area (Å²) in [7, 11) is 0. The van der Waals surface area contributed by atoms with E-state index in [9.17, 15) is 0 Å². The number of rotatable bonds is 9. The second-order valence-electron chi connectivity index (χ2n) is 15.2. The summed E-state index contributed by atoms with van der Waals surface area (Å²) >= 11 is 0. The fraction of sp³-hybridized carbons (Fsp3) is 0.0741. The zero-order valence-corrected chi connectivity index (χ0v) is 32.1. The number of aryl methyl sites for hydroxylation is 1. The lowest BCUT2D eigenvalue weighted by molar-refractivity contribution is 0.660. The predicted molar refractivity (Wildman–Crippen MR) is 239 cm³/mol. The van der Waals surface area contributed by atoms with Gasteiger partial charge in [-0.15, -0.1) is 0 Å². The van der Waals surface area contributed by atoms with Crippen molar-refractivity contribution in [2.24, 2.45) is 0 Å². The number of benzene rings is 8. The molecule has 8 aromatic rings. The monoisotopic (exact) mass is 720 g/mol. The largest absolute Gasteiger partial charge is 0.311 e. The summed E-state index contributed by atoms with van der Waals surface area (Å²) in [4.78, 5) is 4.66. The standard InChI is InChI=1S/C54H44N2/c1-39-18-30-46(31-19-39)56(49-36-37-51-50-16-10-11-17-52(50)54(2,3)53(51)38-49)48-34-28-43(29-35-48)42-26-22-40(23-27-42)20-21-41-24-32-47(33-25-41)55(44-12-6-4-7-13-44)45-14-8-5-9-15-45/h4-38H,1-3H3/b21-20+. The molecular weight excluding hydrogens is 677 g/mol. The minimum atomic E-state index is -0.0657. The van der Waals surface area contributed by atoms with Crippen LogP contribution >= 0.6 is 0 Å². The molecule has 2 heteroatoms. The van der Waals surface area contributed by atoms with Crippen LogP contribution in [-0.4, -0.2) is 0 Å². The van der Waals surface area contributed by atoms with Crippen LogP contribution in [0.2, 0.25) is 0 Å². The Kier molecular flexibility index (Phi) is 9.17. The second kappa shape index (κ2) is 14.7. The maximum atomic E-state index is 2.40. The van der Waals surface area contributed by atoms with E-state index in [0.717, 1.165) is 45.3 Å². The molecule has 0 unspecified atom stereocenters. The van der Waals surface area contributed by atoms with E-state index in [4.69, 9.17) is 0 Å². The third kappa shape index (κ3) is 6.71. The number of hydrogen-bond acceptors (Lipinski definition) is 2. The average molecular weight is 721 g/mol. The molecule has 0 N–H and O–H groups in total. The second-order valence-corrected chi connectivity index (χ2v) is 15.2. The van der Waals surface area contributed by atoms with Crippen molar-refractivity contribution in [3.05, 3.63) is 228 Å². The Morgan fingerprint density at radius 3 is 1.32 bits per heavy atom. The maximum Gasteiger partial charge on any atom is 0.0465 e.